The summed E-state index contributed by atoms with van der Waals surface area (Å²) in [6, 6.07) is 4.84. The monoisotopic (exact) mass is 425 g/mol. The Hall–Kier alpha value is -2.54. The molecule has 0 amide bonds. The van der Waals surface area contributed by atoms with Crippen LogP contribution >= 0.6 is 11.9 Å². The molecule has 3 aromatic rings. The van der Waals surface area contributed by atoms with Gasteiger partial charge in [0.25, 0.3) is 5.56 Å². The molecule has 7 heteroatoms. The van der Waals surface area contributed by atoms with Gasteiger partial charge >= 0.3 is 5.69 Å². The summed E-state index contributed by atoms with van der Waals surface area (Å²) in [5, 5.41) is 0. The number of allylic oxidation sites excluding steroid dienone is 1. The number of imidazole rings is 1. The van der Waals surface area contributed by atoms with Gasteiger partial charge in [0.15, 0.2) is 0 Å². The lowest BCUT2D eigenvalue weighted by atomic mass is 10.1. The van der Waals surface area contributed by atoms with E-state index in [1.54, 1.807) is 27.6 Å². The zero-order valence-corrected chi connectivity index (χ0v) is 18.0. The summed E-state index contributed by atoms with van der Waals surface area (Å²) in [5.74, 6) is -0.464. The first kappa shape index (κ1) is 19.4. The van der Waals surface area contributed by atoms with E-state index in [4.69, 9.17) is 0 Å². The highest BCUT2D eigenvalue weighted by atomic mass is 32.2. The van der Waals surface area contributed by atoms with Crippen LogP contribution in [0.5, 0.6) is 0 Å². The van der Waals surface area contributed by atoms with Gasteiger partial charge in [-0.25, -0.2) is 13.2 Å². The first-order chi connectivity index (χ1) is 14.4. The second kappa shape index (κ2) is 6.74. The summed E-state index contributed by atoms with van der Waals surface area (Å²) in [5.41, 5.74) is 3.23. The van der Waals surface area contributed by atoms with Crippen molar-refractivity contribution >= 4 is 23.0 Å². The van der Waals surface area contributed by atoms with Gasteiger partial charge in [0, 0.05) is 22.5 Å². The molecule has 5 nitrogen and oxygen atoms in total. The highest BCUT2D eigenvalue weighted by molar-refractivity contribution is 7.99. The van der Waals surface area contributed by atoms with Crippen LogP contribution in [-0.4, -0.2) is 17.9 Å². The molecule has 2 aromatic heterocycles. The number of aromatic nitrogens is 3. The lowest BCUT2D eigenvalue weighted by molar-refractivity contribution is 0.616. The normalized spacial score (nSPS) is 16.8. The number of halogens is 1. The third kappa shape index (κ3) is 2.75. The largest absolute Gasteiger partial charge is 0.344 e. The van der Waals surface area contributed by atoms with E-state index in [0.29, 0.717) is 17.6 Å². The van der Waals surface area contributed by atoms with Crippen LogP contribution in [0.15, 0.2) is 40.4 Å². The van der Waals surface area contributed by atoms with Gasteiger partial charge < -0.3 is 4.57 Å². The predicted molar refractivity (Wildman–Crippen MR) is 119 cm³/mol. The highest BCUT2D eigenvalue weighted by Crippen LogP contribution is 2.52. The fourth-order valence-electron chi connectivity index (χ4n) is 4.56. The van der Waals surface area contributed by atoms with Gasteiger partial charge in [-0.05, 0) is 75.6 Å². The molecule has 0 unspecified atom stereocenters. The predicted octanol–water partition coefficient (Wildman–Crippen LogP) is 4.26. The second-order valence-electron chi connectivity index (χ2n) is 8.46. The number of benzene rings is 1. The minimum absolute atomic E-state index is 0.0449. The molecule has 0 radical (unpaired) electrons. The maximum absolute atomic E-state index is 15.0. The van der Waals surface area contributed by atoms with Gasteiger partial charge in [-0.1, -0.05) is 12.1 Å². The smallest absolute Gasteiger partial charge is 0.310 e. The number of hydrogen-bond donors (Lipinski definition) is 0. The Kier molecular flexibility index (Phi) is 4.36. The first-order valence-corrected chi connectivity index (χ1v) is 11.1. The quantitative estimate of drug-likeness (QED) is 0.574. The van der Waals surface area contributed by atoms with Crippen LogP contribution in [0.2, 0.25) is 0 Å². The Bertz CT molecular complexity index is 1330. The fourth-order valence-corrected chi connectivity index (χ4v) is 5.87. The maximum Gasteiger partial charge on any atom is 0.344 e. The van der Waals surface area contributed by atoms with Crippen molar-refractivity contribution in [2.24, 2.45) is 0 Å². The average Bonchev–Trinajstić information content (AvgIpc) is 3.17. The van der Waals surface area contributed by atoms with Crippen LogP contribution in [0.3, 0.4) is 0 Å². The third-order valence-electron chi connectivity index (χ3n) is 6.28. The van der Waals surface area contributed by atoms with Crippen molar-refractivity contribution in [3.8, 4) is 5.69 Å². The lowest BCUT2D eigenvalue weighted by Crippen LogP contribution is -2.23. The molecule has 1 aromatic carbocycles. The van der Waals surface area contributed by atoms with E-state index in [-0.39, 0.29) is 21.7 Å². The first-order valence-electron chi connectivity index (χ1n) is 10.3. The maximum atomic E-state index is 15.0. The van der Waals surface area contributed by atoms with E-state index in [1.807, 2.05) is 13.0 Å². The summed E-state index contributed by atoms with van der Waals surface area (Å²) in [4.78, 5) is 26.7. The van der Waals surface area contributed by atoms with E-state index < -0.39 is 5.82 Å². The van der Waals surface area contributed by atoms with E-state index in [2.05, 4.69) is 6.58 Å². The summed E-state index contributed by atoms with van der Waals surface area (Å²) in [6.07, 6.45) is 6.33. The molecule has 1 saturated carbocycles. The topological polar surface area (TPSA) is 48.9 Å². The van der Waals surface area contributed by atoms with Gasteiger partial charge in [0.05, 0.1) is 11.2 Å². The van der Waals surface area contributed by atoms with Crippen molar-refractivity contribution < 1.29 is 4.39 Å². The highest BCUT2D eigenvalue weighted by Gasteiger charge is 2.44. The van der Waals surface area contributed by atoms with E-state index in [0.717, 1.165) is 48.9 Å². The number of nitrogens with zero attached hydrogens (tertiary/aromatic N) is 3. The lowest BCUT2D eigenvalue weighted by Gasteiger charge is -2.14. The zero-order chi connectivity index (χ0) is 21.2. The molecule has 0 N–H and O–H groups in total. The van der Waals surface area contributed by atoms with Gasteiger partial charge in [0.2, 0.25) is 0 Å². The zero-order valence-electron chi connectivity index (χ0n) is 17.2. The Morgan fingerprint density at radius 2 is 2.00 bits per heavy atom. The molecule has 0 bridgehead atoms. The van der Waals surface area contributed by atoms with Crippen molar-refractivity contribution in [3.05, 3.63) is 74.3 Å². The van der Waals surface area contributed by atoms with E-state index in [9.17, 15) is 14.0 Å². The number of hydrogen-bond acceptors (Lipinski definition) is 3. The molecule has 3 heterocycles. The molecule has 1 fully saturated rings. The Morgan fingerprint density at radius 3 is 2.67 bits per heavy atom. The third-order valence-corrected chi connectivity index (χ3v) is 7.77. The molecular formula is C23H24FN3O2S. The number of fused-ring (bicyclic) bond motifs is 3. The Balaban J connectivity index is 1.88. The minimum Gasteiger partial charge on any atom is -0.310 e. The second-order valence-corrected chi connectivity index (χ2v) is 9.88. The standard InChI is InChI=1S/C23H24FN3O2S/c1-4-9-23(10-11-23)30-27-20-18-6-5-12-25(18)21(28)15(3)19(20)26(22(27)29)17-8-7-14(2)13-16(17)24/h4,7-8,13H,1,5-6,9-12H2,2-3H3. The summed E-state index contributed by atoms with van der Waals surface area (Å²) < 4.78 is 19.8. The summed E-state index contributed by atoms with van der Waals surface area (Å²) >= 11 is 1.52. The average molecular weight is 426 g/mol. The van der Waals surface area contributed by atoms with Crippen LogP contribution in [-0.2, 0) is 13.0 Å². The molecule has 1 aliphatic carbocycles. The molecular weight excluding hydrogens is 401 g/mol. The fraction of sp³-hybridized carbons (Fsp3) is 0.391. The molecule has 30 heavy (non-hydrogen) atoms. The van der Waals surface area contributed by atoms with Gasteiger partial charge in [0.1, 0.15) is 11.3 Å². The SMILES string of the molecule is C=CCC1(Sn2c(=O)n(-c3ccc(C)cc3F)c3c(C)c(=O)n4c(c32)CCC4)CC1. The van der Waals surface area contributed by atoms with E-state index >= 15 is 0 Å². The van der Waals surface area contributed by atoms with Crippen molar-refractivity contribution in [3.63, 3.8) is 0 Å². The minimum atomic E-state index is -0.464. The molecule has 0 atom stereocenters. The molecule has 156 valence electrons. The van der Waals surface area contributed by atoms with Crippen LogP contribution in [0.1, 0.15) is 42.5 Å². The van der Waals surface area contributed by atoms with Gasteiger partial charge in [-0.3, -0.25) is 9.36 Å². The summed E-state index contributed by atoms with van der Waals surface area (Å²) in [7, 11) is 0. The molecule has 1 aliphatic heterocycles. The van der Waals surface area contributed by atoms with Crippen molar-refractivity contribution in [1.82, 2.24) is 13.1 Å². The molecule has 5 rings (SSSR count). The number of rotatable bonds is 5. The van der Waals surface area contributed by atoms with Crippen LogP contribution < -0.4 is 11.2 Å². The summed E-state index contributed by atoms with van der Waals surface area (Å²) in [6.45, 7) is 8.08. The Morgan fingerprint density at radius 1 is 1.23 bits per heavy atom. The van der Waals surface area contributed by atoms with Crippen LogP contribution in [0, 0.1) is 19.7 Å². The van der Waals surface area contributed by atoms with Crippen LogP contribution in [0.25, 0.3) is 16.7 Å². The van der Waals surface area contributed by atoms with Gasteiger partial charge in [-0.15, -0.1) is 6.58 Å². The van der Waals surface area contributed by atoms with Crippen molar-refractivity contribution in [2.75, 3.05) is 0 Å². The van der Waals surface area contributed by atoms with E-state index in [1.165, 1.54) is 22.6 Å². The van der Waals surface area contributed by atoms with Crippen LogP contribution in [0.4, 0.5) is 4.39 Å². The molecule has 0 saturated heterocycles. The molecule has 2 aliphatic rings. The number of pyridine rings is 1. The van der Waals surface area contributed by atoms with Gasteiger partial charge in [-0.2, -0.15) is 0 Å². The Labute approximate surface area is 178 Å². The molecule has 0 spiro atoms. The van der Waals surface area contributed by atoms with Crippen molar-refractivity contribution in [1.29, 1.82) is 0 Å². The number of aryl methyl sites for hydroxylation is 3. The van der Waals surface area contributed by atoms with Crippen molar-refractivity contribution in [2.45, 2.75) is 57.2 Å².